The topological polar surface area (TPSA) is 111 Å². The quantitative estimate of drug-likeness (QED) is 0.585. The molecule has 3 aromatic rings. The lowest BCUT2D eigenvalue weighted by Gasteiger charge is -2.28. The van der Waals surface area contributed by atoms with Crippen molar-refractivity contribution >= 4 is 34.7 Å². The second-order valence-corrected chi connectivity index (χ2v) is 8.59. The number of nitrogens with one attached hydrogen (secondary N) is 1. The average Bonchev–Trinajstić information content (AvgIpc) is 3.23. The molecular formula is C20H21ClF3N7O2. The zero-order chi connectivity index (χ0) is 24.1. The Hall–Kier alpha value is -3.12. The largest absolute Gasteiger partial charge is 0.476 e. The Kier molecular flexibility index (Phi) is 5.61. The number of alkyl halides is 3. The summed E-state index contributed by atoms with van der Waals surface area (Å²) in [6, 6.07) is 3.40. The second-order valence-electron chi connectivity index (χ2n) is 8.20. The SMILES string of the molecule is Cc1cc(NC(=O)N2C[C@@](C)(C(F)(F)F)c3c2cnc2cc(Cl)nn32)cc(OC[C@H](C)N)n1. The number of aromatic nitrogens is 4. The van der Waals surface area contributed by atoms with Gasteiger partial charge >= 0.3 is 12.2 Å². The van der Waals surface area contributed by atoms with Gasteiger partial charge in [0, 0.05) is 36.1 Å². The van der Waals surface area contributed by atoms with Crippen molar-refractivity contribution in [2.75, 3.05) is 23.4 Å². The normalized spacial score (nSPS) is 19.0. The minimum Gasteiger partial charge on any atom is -0.476 e. The number of carbonyl (C=O) groups is 1. The number of ether oxygens (including phenoxy) is 1. The number of rotatable bonds is 4. The van der Waals surface area contributed by atoms with Crippen molar-refractivity contribution in [1.82, 2.24) is 19.6 Å². The highest BCUT2D eigenvalue weighted by atomic mass is 35.5. The van der Waals surface area contributed by atoms with Crippen LogP contribution in [-0.2, 0) is 5.41 Å². The maximum Gasteiger partial charge on any atom is 0.401 e. The molecule has 3 N–H and O–H groups in total. The lowest BCUT2D eigenvalue weighted by atomic mass is 9.88. The highest BCUT2D eigenvalue weighted by Crippen LogP contribution is 2.50. The summed E-state index contributed by atoms with van der Waals surface area (Å²) in [5, 5.41) is 6.57. The molecule has 0 fully saturated rings. The van der Waals surface area contributed by atoms with E-state index < -0.39 is 24.2 Å². The highest BCUT2D eigenvalue weighted by Gasteiger charge is 2.60. The van der Waals surface area contributed by atoms with Crippen molar-refractivity contribution in [2.45, 2.75) is 38.4 Å². The molecule has 1 aliphatic heterocycles. The fraction of sp³-hybridized carbons (Fsp3) is 0.400. The molecule has 3 aromatic heterocycles. The molecule has 0 saturated carbocycles. The molecule has 4 rings (SSSR count). The van der Waals surface area contributed by atoms with Gasteiger partial charge in [0.05, 0.1) is 17.6 Å². The van der Waals surface area contributed by atoms with E-state index in [4.69, 9.17) is 22.1 Å². The summed E-state index contributed by atoms with van der Waals surface area (Å²) < 4.78 is 49.1. The number of aryl methyl sites for hydroxylation is 1. The average molecular weight is 484 g/mol. The molecule has 0 bridgehead atoms. The lowest BCUT2D eigenvalue weighted by Crippen LogP contribution is -2.46. The van der Waals surface area contributed by atoms with Crippen LogP contribution in [-0.4, -0.2) is 51.0 Å². The smallest absolute Gasteiger partial charge is 0.401 e. The third kappa shape index (κ3) is 4.15. The number of pyridine rings is 1. The van der Waals surface area contributed by atoms with Crippen LogP contribution in [0.25, 0.3) is 5.65 Å². The number of nitrogens with two attached hydrogens (primary N) is 1. The van der Waals surface area contributed by atoms with Crippen LogP contribution >= 0.6 is 11.6 Å². The molecule has 0 unspecified atom stereocenters. The summed E-state index contributed by atoms with van der Waals surface area (Å²) in [6.45, 7) is 4.03. The van der Waals surface area contributed by atoms with Crippen LogP contribution in [0, 0.1) is 6.92 Å². The van der Waals surface area contributed by atoms with Crippen LogP contribution in [0.2, 0.25) is 5.15 Å². The van der Waals surface area contributed by atoms with E-state index in [2.05, 4.69) is 20.4 Å². The molecule has 0 saturated heterocycles. The van der Waals surface area contributed by atoms with E-state index in [-0.39, 0.29) is 40.7 Å². The van der Waals surface area contributed by atoms with E-state index in [1.807, 2.05) is 0 Å². The summed E-state index contributed by atoms with van der Waals surface area (Å²) in [5.41, 5.74) is 4.07. The van der Waals surface area contributed by atoms with Crippen molar-refractivity contribution < 1.29 is 22.7 Å². The van der Waals surface area contributed by atoms with Gasteiger partial charge in [-0.3, -0.25) is 4.90 Å². The lowest BCUT2D eigenvalue weighted by molar-refractivity contribution is -0.181. The van der Waals surface area contributed by atoms with Gasteiger partial charge in [0.15, 0.2) is 10.8 Å². The minimum atomic E-state index is -4.67. The van der Waals surface area contributed by atoms with Crippen molar-refractivity contribution in [3.8, 4) is 5.88 Å². The van der Waals surface area contributed by atoms with E-state index in [9.17, 15) is 18.0 Å². The standard InChI is InChI=1S/C20H21ClF3N7O2/c1-10(25)8-33-16-5-12(4-11(2)27-16)28-18(32)30-9-19(3,20(22,23)24)17-13(30)7-26-15-6-14(21)29-31(15)17/h4-7,10H,8-9,25H2,1-3H3,(H,27,28,32)/t10-,19+/m0/s1. The Morgan fingerprint density at radius 1 is 1.39 bits per heavy atom. The Morgan fingerprint density at radius 3 is 2.79 bits per heavy atom. The zero-order valence-corrected chi connectivity index (χ0v) is 18.7. The van der Waals surface area contributed by atoms with E-state index in [0.29, 0.717) is 11.4 Å². The Morgan fingerprint density at radius 2 is 2.12 bits per heavy atom. The molecule has 0 aliphatic carbocycles. The van der Waals surface area contributed by atoms with Crippen LogP contribution in [0.4, 0.5) is 29.3 Å². The Balaban J connectivity index is 1.70. The van der Waals surface area contributed by atoms with Crippen molar-refractivity contribution in [2.24, 2.45) is 5.73 Å². The molecule has 0 spiro atoms. The maximum absolute atomic E-state index is 14.2. The van der Waals surface area contributed by atoms with Crippen LogP contribution in [0.5, 0.6) is 5.88 Å². The Labute approximate surface area is 191 Å². The molecule has 176 valence electrons. The molecule has 0 radical (unpaired) electrons. The summed E-state index contributed by atoms with van der Waals surface area (Å²) in [5.74, 6) is 0.235. The first-order chi connectivity index (χ1) is 15.4. The first-order valence-electron chi connectivity index (χ1n) is 9.96. The molecule has 13 heteroatoms. The van der Waals surface area contributed by atoms with Crippen LogP contribution in [0.1, 0.15) is 25.2 Å². The van der Waals surface area contributed by atoms with E-state index >= 15 is 0 Å². The fourth-order valence-corrected chi connectivity index (χ4v) is 3.86. The van der Waals surface area contributed by atoms with Gasteiger partial charge in [-0.25, -0.2) is 19.3 Å². The first kappa shape index (κ1) is 23.1. The molecule has 1 aliphatic rings. The molecule has 0 aromatic carbocycles. The van der Waals surface area contributed by atoms with Gasteiger partial charge in [-0.1, -0.05) is 11.6 Å². The van der Waals surface area contributed by atoms with Gasteiger partial charge in [-0.2, -0.15) is 18.3 Å². The van der Waals surface area contributed by atoms with Gasteiger partial charge < -0.3 is 15.8 Å². The predicted molar refractivity (Wildman–Crippen MR) is 116 cm³/mol. The fourth-order valence-electron chi connectivity index (χ4n) is 3.68. The van der Waals surface area contributed by atoms with Gasteiger partial charge in [0.1, 0.15) is 12.0 Å². The summed E-state index contributed by atoms with van der Waals surface area (Å²) in [4.78, 5) is 22.4. The summed E-state index contributed by atoms with van der Waals surface area (Å²) in [7, 11) is 0. The van der Waals surface area contributed by atoms with Crippen LogP contribution in [0.15, 0.2) is 24.4 Å². The van der Waals surface area contributed by atoms with Gasteiger partial charge in [0.25, 0.3) is 0 Å². The number of halogens is 4. The number of fused-ring (bicyclic) bond motifs is 3. The van der Waals surface area contributed by atoms with Crippen LogP contribution in [0.3, 0.4) is 0 Å². The molecule has 4 heterocycles. The second kappa shape index (κ2) is 8.03. The van der Waals surface area contributed by atoms with Gasteiger partial charge in [-0.15, -0.1) is 0 Å². The van der Waals surface area contributed by atoms with Crippen molar-refractivity contribution in [3.05, 3.63) is 40.9 Å². The summed E-state index contributed by atoms with van der Waals surface area (Å²) in [6.07, 6.45) is -3.45. The number of amides is 2. The van der Waals surface area contributed by atoms with E-state index in [0.717, 1.165) is 16.3 Å². The number of urea groups is 1. The van der Waals surface area contributed by atoms with Gasteiger partial charge in [-0.05, 0) is 26.8 Å². The molecular weight excluding hydrogens is 463 g/mol. The molecule has 33 heavy (non-hydrogen) atoms. The van der Waals surface area contributed by atoms with E-state index in [1.54, 1.807) is 19.9 Å². The number of nitrogens with zero attached hydrogens (tertiary/aromatic N) is 5. The predicted octanol–water partition coefficient (Wildman–Crippen LogP) is 3.68. The van der Waals surface area contributed by atoms with E-state index in [1.165, 1.54) is 18.3 Å². The third-order valence-electron chi connectivity index (χ3n) is 5.27. The van der Waals surface area contributed by atoms with Gasteiger partial charge in [0.2, 0.25) is 5.88 Å². The number of hydrogen-bond donors (Lipinski definition) is 2. The third-order valence-corrected chi connectivity index (χ3v) is 5.45. The summed E-state index contributed by atoms with van der Waals surface area (Å²) >= 11 is 5.90. The Bertz CT molecular complexity index is 1230. The first-order valence-corrected chi connectivity index (χ1v) is 10.3. The monoisotopic (exact) mass is 483 g/mol. The number of carbonyl (C=O) groups excluding carboxylic acids is 1. The minimum absolute atomic E-state index is 0.00471. The maximum atomic E-state index is 14.2. The molecule has 2 atom stereocenters. The van der Waals surface area contributed by atoms with Crippen molar-refractivity contribution in [3.63, 3.8) is 0 Å². The van der Waals surface area contributed by atoms with Crippen molar-refractivity contribution in [1.29, 1.82) is 0 Å². The number of anilines is 2. The van der Waals surface area contributed by atoms with Crippen LogP contribution < -0.4 is 20.7 Å². The highest BCUT2D eigenvalue weighted by molar-refractivity contribution is 6.29. The molecule has 9 nitrogen and oxygen atoms in total. The number of hydrogen-bond acceptors (Lipinski definition) is 6. The zero-order valence-electron chi connectivity index (χ0n) is 17.9. The molecule has 2 amide bonds.